The van der Waals surface area contributed by atoms with Crippen LogP contribution in [0.1, 0.15) is 13.8 Å². The van der Waals surface area contributed by atoms with Crippen molar-refractivity contribution in [3.8, 4) is 5.88 Å². The number of nitrogens with two attached hydrogens (primary N) is 1. The van der Waals surface area contributed by atoms with E-state index in [4.69, 9.17) is 10.5 Å². The number of hydrogen-bond donors (Lipinski definition) is 1. The van der Waals surface area contributed by atoms with E-state index in [1.165, 1.54) is 18.3 Å². The first-order valence-electron chi connectivity index (χ1n) is 4.41. The predicted molar refractivity (Wildman–Crippen MR) is 54.7 cm³/mol. The van der Waals surface area contributed by atoms with Gasteiger partial charge in [-0.15, -0.1) is 0 Å². The third kappa shape index (κ3) is 3.51. The second-order valence-electron chi connectivity index (χ2n) is 3.86. The lowest BCUT2D eigenvalue weighted by molar-refractivity contribution is -0.386. The summed E-state index contributed by atoms with van der Waals surface area (Å²) < 4.78 is 5.19. The maximum Gasteiger partial charge on any atom is 0.330 e. The zero-order valence-corrected chi connectivity index (χ0v) is 8.64. The van der Waals surface area contributed by atoms with Crippen LogP contribution in [0.25, 0.3) is 0 Å². The van der Waals surface area contributed by atoms with Gasteiger partial charge >= 0.3 is 5.69 Å². The molecule has 2 N–H and O–H groups in total. The Morgan fingerprint density at radius 2 is 2.33 bits per heavy atom. The number of ether oxygens (including phenoxy) is 1. The van der Waals surface area contributed by atoms with Crippen molar-refractivity contribution in [2.45, 2.75) is 19.4 Å². The number of nitro groups is 1. The van der Waals surface area contributed by atoms with Crippen LogP contribution in [0, 0.1) is 10.1 Å². The van der Waals surface area contributed by atoms with Gasteiger partial charge in [0, 0.05) is 17.8 Å². The zero-order chi connectivity index (χ0) is 11.5. The smallest absolute Gasteiger partial charge is 0.330 e. The van der Waals surface area contributed by atoms with Gasteiger partial charge in [-0.2, -0.15) is 0 Å². The van der Waals surface area contributed by atoms with Crippen molar-refractivity contribution >= 4 is 5.69 Å². The average Bonchev–Trinajstić information content (AvgIpc) is 2.14. The van der Waals surface area contributed by atoms with Gasteiger partial charge in [0.05, 0.1) is 4.92 Å². The summed E-state index contributed by atoms with van der Waals surface area (Å²) in [6, 6.07) is 2.82. The molecule has 0 spiro atoms. The second kappa shape index (κ2) is 4.22. The monoisotopic (exact) mass is 211 g/mol. The van der Waals surface area contributed by atoms with Crippen LogP contribution in [0.3, 0.4) is 0 Å². The van der Waals surface area contributed by atoms with Gasteiger partial charge in [-0.1, -0.05) is 0 Å². The van der Waals surface area contributed by atoms with E-state index in [0.29, 0.717) is 0 Å². The molecule has 0 saturated carbocycles. The van der Waals surface area contributed by atoms with Crippen LogP contribution in [0.2, 0.25) is 0 Å². The molecule has 6 nitrogen and oxygen atoms in total. The van der Waals surface area contributed by atoms with Crippen LogP contribution in [0.15, 0.2) is 18.3 Å². The van der Waals surface area contributed by atoms with Crippen LogP contribution < -0.4 is 10.5 Å². The molecule has 82 valence electrons. The molecular weight excluding hydrogens is 198 g/mol. The number of pyridine rings is 1. The van der Waals surface area contributed by atoms with Gasteiger partial charge in [-0.25, -0.2) is 4.98 Å². The van der Waals surface area contributed by atoms with Crippen molar-refractivity contribution in [3.05, 3.63) is 28.4 Å². The van der Waals surface area contributed by atoms with Gasteiger partial charge in [0.2, 0.25) is 0 Å². The molecule has 0 fully saturated rings. The molecule has 0 atom stereocenters. The standard InChI is InChI=1S/C9H13N3O3/c1-9(2,10)6-15-8-7(12(13)14)4-3-5-11-8/h3-5H,6,10H2,1-2H3. The maximum atomic E-state index is 10.6. The number of hydrogen-bond acceptors (Lipinski definition) is 5. The summed E-state index contributed by atoms with van der Waals surface area (Å²) in [6.45, 7) is 3.70. The van der Waals surface area contributed by atoms with E-state index in [-0.39, 0.29) is 18.2 Å². The molecule has 1 heterocycles. The third-order valence-electron chi connectivity index (χ3n) is 1.53. The molecule has 0 aromatic carbocycles. The Hall–Kier alpha value is -1.69. The van der Waals surface area contributed by atoms with Crippen molar-refractivity contribution in [2.75, 3.05) is 6.61 Å². The van der Waals surface area contributed by atoms with Crippen molar-refractivity contribution in [3.63, 3.8) is 0 Å². The molecule has 0 aliphatic rings. The number of rotatable bonds is 4. The zero-order valence-electron chi connectivity index (χ0n) is 8.64. The fourth-order valence-electron chi connectivity index (χ4n) is 0.887. The molecule has 6 heteroatoms. The highest BCUT2D eigenvalue weighted by Gasteiger charge is 2.18. The SMILES string of the molecule is CC(C)(N)COc1ncccc1[N+](=O)[O-]. The number of aromatic nitrogens is 1. The quantitative estimate of drug-likeness (QED) is 0.594. The largest absolute Gasteiger partial charge is 0.471 e. The van der Waals surface area contributed by atoms with Gasteiger partial charge in [0.15, 0.2) is 0 Å². The Labute approximate surface area is 87.2 Å². The molecule has 0 aliphatic carbocycles. The highest BCUT2D eigenvalue weighted by atomic mass is 16.6. The molecular formula is C9H13N3O3. The number of nitrogens with zero attached hydrogens (tertiary/aromatic N) is 2. The van der Waals surface area contributed by atoms with Crippen LogP contribution in [-0.2, 0) is 0 Å². The summed E-state index contributed by atoms with van der Waals surface area (Å²) in [5, 5.41) is 10.6. The van der Waals surface area contributed by atoms with Crippen molar-refractivity contribution in [1.29, 1.82) is 0 Å². The molecule has 0 amide bonds. The van der Waals surface area contributed by atoms with Gasteiger partial charge in [0.25, 0.3) is 5.88 Å². The molecule has 1 rings (SSSR count). The molecule has 0 radical (unpaired) electrons. The van der Waals surface area contributed by atoms with Crippen LogP contribution >= 0.6 is 0 Å². The normalized spacial score (nSPS) is 11.1. The van der Waals surface area contributed by atoms with Gasteiger partial charge in [0.1, 0.15) is 6.61 Å². The fraction of sp³-hybridized carbons (Fsp3) is 0.444. The Morgan fingerprint density at radius 3 is 2.87 bits per heavy atom. The van der Waals surface area contributed by atoms with Crippen molar-refractivity contribution in [2.24, 2.45) is 5.73 Å². The summed E-state index contributed by atoms with van der Waals surface area (Å²) in [5.74, 6) is 0.000949. The highest BCUT2D eigenvalue weighted by molar-refractivity contribution is 5.39. The van der Waals surface area contributed by atoms with E-state index in [1.807, 2.05) is 0 Å². The van der Waals surface area contributed by atoms with Crippen LogP contribution in [0.5, 0.6) is 5.88 Å². The Kier molecular flexibility index (Phi) is 3.21. The molecule has 0 saturated heterocycles. The molecule has 0 unspecified atom stereocenters. The molecule has 1 aromatic heterocycles. The minimum absolute atomic E-state index is 0.000949. The van der Waals surface area contributed by atoms with Crippen molar-refractivity contribution < 1.29 is 9.66 Å². The first-order valence-corrected chi connectivity index (χ1v) is 4.41. The van der Waals surface area contributed by atoms with Gasteiger partial charge < -0.3 is 10.5 Å². The minimum atomic E-state index is -0.550. The summed E-state index contributed by atoms with van der Waals surface area (Å²) in [4.78, 5) is 13.8. The first-order chi connectivity index (χ1) is 6.90. The summed E-state index contributed by atoms with van der Waals surface area (Å²) in [7, 11) is 0. The van der Waals surface area contributed by atoms with Crippen LogP contribution in [-0.4, -0.2) is 22.1 Å². The lowest BCUT2D eigenvalue weighted by Gasteiger charge is -2.18. The third-order valence-corrected chi connectivity index (χ3v) is 1.53. The lowest BCUT2D eigenvalue weighted by Crippen LogP contribution is -2.38. The van der Waals surface area contributed by atoms with E-state index in [1.54, 1.807) is 13.8 Å². The Morgan fingerprint density at radius 1 is 1.67 bits per heavy atom. The molecule has 1 aromatic rings. The Bertz CT molecular complexity index is 360. The maximum absolute atomic E-state index is 10.6. The molecule has 15 heavy (non-hydrogen) atoms. The Balaban J connectivity index is 2.81. The lowest BCUT2D eigenvalue weighted by atomic mass is 10.1. The topological polar surface area (TPSA) is 91.3 Å². The highest BCUT2D eigenvalue weighted by Crippen LogP contribution is 2.23. The molecule has 0 aliphatic heterocycles. The first kappa shape index (κ1) is 11.4. The molecule has 0 bridgehead atoms. The van der Waals surface area contributed by atoms with E-state index in [0.717, 1.165) is 0 Å². The van der Waals surface area contributed by atoms with Crippen LogP contribution in [0.4, 0.5) is 5.69 Å². The average molecular weight is 211 g/mol. The van der Waals surface area contributed by atoms with Gasteiger partial charge in [-0.05, 0) is 19.9 Å². The minimum Gasteiger partial charge on any atom is -0.471 e. The van der Waals surface area contributed by atoms with Crippen molar-refractivity contribution in [1.82, 2.24) is 4.98 Å². The van der Waals surface area contributed by atoms with Gasteiger partial charge in [-0.3, -0.25) is 10.1 Å². The predicted octanol–water partition coefficient (Wildman–Crippen LogP) is 1.11. The second-order valence-corrected chi connectivity index (χ2v) is 3.86. The summed E-state index contributed by atoms with van der Waals surface area (Å²) in [6.07, 6.45) is 1.44. The fourth-order valence-corrected chi connectivity index (χ4v) is 0.887. The van der Waals surface area contributed by atoms with E-state index in [9.17, 15) is 10.1 Å². The van der Waals surface area contributed by atoms with E-state index < -0.39 is 10.5 Å². The van der Waals surface area contributed by atoms with E-state index >= 15 is 0 Å². The summed E-state index contributed by atoms with van der Waals surface area (Å²) >= 11 is 0. The summed E-state index contributed by atoms with van der Waals surface area (Å²) in [5.41, 5.74) is 4.99. The van der Waals surface area contributed by atoms with E-state index in [2.05, 4.69) is 4.98 Å².